The Bertz CT molecular complexity index is 1520. The molecule has 1 fully saturated rings. The van der Waals surface area contributed by atoms with Gasteiger partial charge in [0, 0.05) is 30.6 Å². The van der Waals surface area contributed by atoms with Gasteiger partial charge in [-0.15, -0.1) is 11.3 Å². The summed E-state index contributed by atoms with van der Waals surface area (Å²) in [5.74, 6) is -0.403. The first-order chi connectivity index (χ1) is 17.8. The van der Waals surface area contributed by atoms with Gasteiger partial charge in [-0.1, -0.05) is 23.5 Å². The predicted molar refractivity (Wildman–Crippen MR) is 148 cm³/mol. The molecule has 192 valence electrons. The summed E-state index contributed by atoms with van der Waals surface area (Å²) in [5.41, 5.74) is 2.19. The van der Waals surface area contributed by atoms with E-state index in [2.05, 4.69) is 10.1 Å². The summed E-state index contributed by atoms with van der Waals surface area (Å²) in [5, 5.41) is 8.10. The van der Waals surface area contributed by atoms with E-state index in [-0.39, 0.29) is 11.0 Å². The van der Waals surface area contributed by atoms with Gasteiger partial charge in [0.25, 0.3) is 5.91 Å². The second kappa shape index (κ2) is 10.8. The Kier molecular flexibility index (Phi) is 7.50. The molecule has 0 N–H and O–H groups in total. The minimum Gasteiger partial charge on any atom is -0.377 e. The second-order valence-corrected chi connectivity index (χ2v) is 12.8. The van der Waals surface area contributed by atoms with Gasteiger partial charge in [-0.05, 0) is 73.2 Å². The van der Waals surface area contributed by atoms with Gasteiger partial charge in [0.2, 0.25) is 15.2 Å². The number of likely N-dealkylation sites (N-methyl/N-ethyl adjacent to an activating group) is 1. The molecule has 0 radical (unpaired) electrons. The lowest BCUT2D eigenvalue weighted by Gasteiger charge is -2.20. The Hall–Kier alpha value is -2.96. The van der Waals surface area contributed by atoms with E-state index in [4.69, 9.17) is 4.74 Å². The molecule has 1 atom stereocenters. The Morgan fingerprint density at radius 1 is 1.22 bits per heavy atom. The molecular formula is C26H26N4O4S3. The van der Waals surface area contributed by atoms with Gasteiger partial charge in [0.1, 0.15) is 0 Å². The van der Waals surface area contributed by atoms with E-state index in [1.807, 2.05) is 42.6 Å². The van der Waals surface area contributed by atoms with E-state index in [1.54, 1.807) is 13.3 Å². The zero-order valence-electron chi connectivity index (χ0n) is 20.4. The second-order valence-electron chi connectivity index (χ2n) is 8.79. The van der Waals surface area contributed by atoms with E-state index >= 15 is 0 Å². The van der Waals surface area contributed by atoms with E-state index in [1.165, 1.54) is 56.3 Å². The largest absolute Gasteiger partial charge is 0.377 e. The third kappa shape index (κ3) is 5.65. The average Bonchev–Trinajstić information content (AvgIpc) is 3.66. The molecule has 0 saturated carbocycles. The van der Waals surface area contributed by atoms with Gasteiger partial charge in [0.05, 0.1) is 27.4 Å². The molecule has 2 aromatic heterocycles. The van der Waals surface area contributed by atoms with Gasteiger partial charge in [-0.25, -0.2) is 13.4 Å². The number of amides is 1. The predicted octanol–water partition coefficient (Wildman–Crippen LogP) is 5.15. The van der Waals surface area contributed by atoms with Crippen LogP contribution in [0.25, 0.3) is 10.2 Å². The number of aromatic nitrogens is 1. The van der Waals surface area contributed by atoms with Gasteiger partial charge in [0.15, 0.2) is 0 Å². The maximum absolute atomic E-state index is 13.6. The number of anilines is 1. The number of benzene rings is 2. The number of carbonyl (C=O) groups is 1. The molecule has 1 unspecified atom stereocenters. The third-order valence-electron chi connectivity index (χ3n) is 6.04. The first-order valence-corrected chi connectivity index (χ1v) is 14.9. The first-order valence-electron chi connectivity index (χ1n) is 11.8. The van der Waals surface area contributed by atoms with Crippen LogP contribution in [0.1, 0.15) is 33.6 Å². The van der Waals surface area contributed by atoms with Crippen molar-refractivity contribution in [3.63, 3.8) is 0 Å². The van der Waals surface area contributed by atoms with Crippen LogP contribution in [0, 0.1) is 6.92 Å². The molecule has 1 saturated heterocycles. The highest BCUT2D eigenvalue weighted by Crippen LogP contribution is 2.31. The van der Waals surface area contributed by atoms with Crippen LogP contribution in [0.3, 0.4) is 0 Å². The van der Waals surface area contributed by atoms with Crippen LogP contribution in [0.15, 0.2) is 70.0 Å². The van der Waals surface area contributed by atoms with Gasteiger partial charge in [-0.2, -0.15) is 14.4 Å². The molecular weight excluding hydrogens is 529 g/mol. The lowest BCUT2D eigenvalue weighted by molar-refractivity contribution is 0.0978. The van der Waals surface area contributed by atoms with Crippen LogP contribution in [0.2, 0.25) is 0 Å². The summed E-state index contributed by atoms with van der Waals surface area (Å²) < 4.78 is 34.0. The summed E-state index contributed by atoms with van der Waals surface area (Å²) in [6, 6.07) is 15.7. The van der Waals surface area contributed by atoms with Crippen molar-refractivity contribution in [3.8, 4) is 0 Å². The number of hydrazone groups is 1. The quantitative estimate of drug-likeness (QED) is 0.222. The van der Waals surface area contributed by atoms with Crippen LogP contribution >= 0.6 is 22.7 Å². The van der Waals surface area contributed by atoms with Crippen LogP contribution in [-0.2, 0) is 14.8 Å². The molecule has 0 spiro atoms. The van der Waals surface area contributed by atoms with E-state index < -0.39 is 15.9 Å². The molecule has 4 aromatic rings. The monoisotopic (exact) mass is 554 g/mol. The van der Waals surface area contributed by atoms with Crippen LogP contribution in [0.4, 0.5) is 5.13 Å². The SMILES string of the molecule is Cc1ccc2nc(N(/N=C/c3cccs3)C(=O)c3ccc(S(=O)(=O)N(C)CC4CCCO4)cc3)sc2c1. The van der Waals surface area contributed by atoms with E-state index in [9.17, 15) is 13.2 Å². The number of nitrogens with zero attached hydrogens (tertiary/aromatic N) is 4. The lowest BCUT2D eigenvalue weighted by atomic mass is 10.2. The average molecular weight is 555 g/mol. The highest BCUT2D eigenvalue weighted by molar-refractivity contribution is 7.89. The van der Waals surface area contributed by atoms with Crippen molar-refractivity contribution >= 4 is 60.2 Å². The Morgan fingerprint density at radius 2 is 2.03 bits per heavy atom. The molecule has 37 heavy (non-hydrogen) atoms. The van der Waals surface area contributed by atoms with Crippen molar-refractivity contribution in [2.24, 2.45) is 5.10 Å². The molecule has 3 heterocycles. The molecule has 8 nitrogen and oxygen atoms in total. The third-order valence-corrected chi connectivity index (χ3v) is 9.68. The van der Waals surface area contributed by atoms with Crippen LogP contribution in [-0.4, -0.2) is 56.1 Å². The van der Waals surface area contributed by atoms with Crippen molar-refractivity contribution in [1.29, 1.82) is 0 Å². The summed E-state index contributed by atoms with van der Waals surface area (Å²) in [6.45, 7) is 2.96. The number of thiazole rings is 1. The van der Waals surface area contributed by atoms with Crippen molar-refractivity contribution < 1.29 is 17.9 Å². The number of aryl methyl sites for hydroxylation is 1. The number of fused-ring (bicyclic) bond motifs is 1. The number of thiophene rings is 1. The maximum Gasteiger partial charge on any atom is 0.280 e. The lowest BCUT2D eigenvalue weighted by Crippen LogP contribution is -2.34. The fourth-order valence-electron chi connectivity index (χ4n) is 4.02. The highest BCUT2D eigenvalue weighted by atomic mass is 32.2. The summed E-state index contributed by atoms with van der Waals surface area (Å²) in [7, 11) is -2.17. The molecule has 5 rings (SSSR count). The molecule has 1 aliphatic rings. The number of ether oxygens (including phenoxy) is 1. The fourth-order valence-corrected chi connectivity index (χ4v) is 6.83. The molecule has 1 amide bonds. The molecule has 2 aromatic carbocycles. The zero-order chi connectivity index (χ0) is 26.0. The molecule has 0 bridgehead atoms. The number of carbonyl (C=O) groups excluding carboxylic acids is 1. The number of hydrogen-bond acceptors (Lipinski definition) is 8. The zero-order valence-corrected chi connectivity index (χ0v) is 22.9. The van der Waals surface area contributed by atoms with E-state index in [0.717, 1.165) is 33.5 Å². The Morgan fingerprint density at radius 3 is 2.73 bits per heavy atom. The van der Waals surface area contributed by atoms with E-state index in [0.29, 0.717) is 23.8 Å². The van der Waals surface area contributed by atoms with Gasteiger partial charge in [-0.3, -0.25) is 4.79 Å². The normalized spacial score (nSPS) is 16.2. The highest BCUT2D eigenvalue weighted by Gasteiger charge is 2.27. The number of hydrogen-bond donors (Lipinski definition) is 0. The van der Waals surface area contributed by atoms with Crippen LogP contribution < -0.4 is 5.01 Å². The summed E-state index contributed by atoms with van der Waals surface area (Å²) >= 11 is 2.88. The molecule has 1 aliphatic heterocycles. The van der Waals surface area contributed by atoms with Crippen LogP contribution in [0.5, 0.6) is 0 Å². The van der Waals surface area contributed by atoms with Crippen molar-refractivity contribution in [2.45, 2.75) is 30.8 Å². The first kappa shape index (κ1) is 25.7. The van der Waals surface area contributed by atoms with Crippen molar-refractivity contribution in [2.75, 3.05) is 25.2 Å². The van der Waals surface area contributed by atoms with Crippen molar-refractivity contribution in [3.05, 3.63) is 76.0 Å². The minimum absolute atomic E-state index is 0.0898. The fraction of sp³-hybridized carbons (Fsp3) is 0.269. The number of rotatable bonds is 8. The van der Waals surface area contributed by atoms with Crippen molar-refractivity contribution in [1.82, 2.24) is 9.29 Å². The maximum atomic E-state index is 13.6. The minimum atomic E-state index is -3.71. The smallest absolute Gasteiger partial charge is 0.280 e. The van der Waals surface area contributed by atoms with Gasteiger partial charge < -0.3 is 4.74 Å². The van der Waals surface area contributed by atoms with Gasteiger partial charge >= 0.3 is 0 Å². The Labute approximate surface area is 223 Å². The number of sulfonamides is 1. The summed E-state index contributed by atoms with van der Waals surface area (Å²) in [6.07, 6.45) is 3.32. The standard InChI is InChI=1S/C26H26N4O4S3/c1-18-7-12-23-24(15-18)36-26(28-23)30(27-16-21-6-4-14-35-21)25(31)19-8-10-22(11-9-19)37(32,33)29(2)17-20-5-3-13-34-20/h4,6-12,14-16,20H,3,5,13,17H2,1-2H3/b27-16+. The molecule has 0 aliphatic carbocycles. The topological polar surface area (TPSA) is 92.2 Å². The molecule has 11 heteroatoms. The Balaban J connectivity index is 1.42. The summed E-state index contributed by atoms with van der Waals surface area (Å²) in [4.78, 5) is 19.2.